The monoisotopic (exact) mass is 555 g/mol. The summed E-state index contributed by atoms with van der Waals surface area (Å²) in [5.41, 5.74) is 4.73. The van der Waals surface area contributed by atoms with Crippen molar-refractivity contribution >= 4 is 11.8 Å². The topological polar surface area (TPSA) is 92.3 Å². The Labute approximate surface area is 238 Å². The fourth-order valence-electron chi connectivity index (χ4n) is 5.00. The molecule has 0 aliphatic carbocycles. The van der Waals surface area contributed by atoms with Crippen LogP contribution in [-0.4, -0.2) is 51.3 Å². The van der Waals surface area contributed by atoms with E-state index in [2.05, 4.69) is 5.48 Å². The van der Waals surface area contributed by atoms with Crippen LogP contribution < -0.4 is 15.0 Å². The molecule has 2 aromatic rings. The minimum absolute atomic E-state index is 0.000938. The standard InChI is InChI=1S/C32H45NO7/c1-21(2)25(31(34)24-13-14-28(37-6)30(17-24)38-16-10-15-36-5)18-27(29-19-26(22(3)4)32(35)40-29)33-39-20-23-11-8-7-9-12-23/h7-9,11-14,17,21-22,25-27,29,33H,10,15-16,18-20H2,1-6H3/t25-,26-,27-,29-/m0/s1. The number of carbonyl (C=O) groups is 2. The van der Waals surface area contributed by atoms with E-state index in [0.29, 0.717) is 49.7 Å². The van der Waals surface area contributed by atoms with Gasteiger partial charge in [0, 0.05) is 31.6 Å². The van der Waals surface area contributed by atoms with Crippen LogP contribution in [0.3, 0.4) is 0 Å². The van der Waals surface area contributed by atoms with Gasteiger partial charge in [0.25, 0.3) is 0 Å². The van der Waals surface area contributed by atoms with E-state index in [1.54, 1.807) is 32.4 Å². The van der Waals surface area contributed by atoms with Crippen molar-refractivity contribution in [1.82, 2.24) is 5.48 Å². The number of ether oxygens (including phenoxy) is 4. The van der Waals surface area contributed by atoms with Gasteiger partial charge in [0.15, 0.2) is 17.3 Å². The number of hydroxylamine groups is 1. The van der Waals surface area contributed by atoms with Crippen LogP contribution in [0.5, 0.6) is 11.5 Å². The van der Waals surface area contributed by atoms with Gasteiger partial charge in [0.05, 0.1) is 32.3 Å². The minimum Gasteiger partial charge on any atom is -0.493 e. The van der Waals surface area contributed by atoms with Crippen LogP contribution in [0.25, 0.3) is 0 Å². The van der Waals surface area contributed by atoms with Crippen molar-refractivity contribution in [3.8, 4) is 11.5 Å². The Hall–Kier alpha value is -2.94. The molecule has 8 heteroatoms. The summed E-state index contributed by atoms with van der Waals surface area (Å²) in [5.74, 6) is 0.607. The Balaban J connectivity index is 1.79. The lowest BCUT2D eigenvalue weighted by molar-refractivity contribution is -0.148. The Kier molecular flexibility index (Phi) is 12.4. The quantitative estimate of drug-likeness (QED) is 0.116. The zero-order valence-electron chi connectivity index (χ0n) is 24.7. The highest BCUT2D eigenvalue weighted by molar-refractivity contribution is 5.98. The summed E-state index contributed by atoms with van der Waals surface area (Å²) in [5, 5.41) is 0. The fraction of sp³-hybridized carbons (Fsp3) is 0.562. The summed E-state index contributed by atoms with van der Waals surface area (Å²) in [6.45, 7) is 9.52. The van der Waals surface area contributed by atoms with Crippen molar-refractivity contribution in [3.63, 3.8) is 0 Å². The van der Waals surface area contributed by atoms with Crippen LogP contribution in [0.2, 0.25) is 0 Å². The second-order valence-corrected chi connectivity index (χ2v) is 11.1. The molecule has 40 heavy (non-hydrogen) atoms. The first-order valence-electron chi connectivity index (χ1n) is 14.2. The van der Waals surface area contributed by atoms with Crippen LogP contribution in [-0.2, 0) is 25.7 Å². The van der Waals surface area contributed by atoms with E-state index in [0.717, 1.165) is 12.0 Å². The molecule has 0 amide bonds. The fourth-order valence-corrected chi connectivity index (χ4v) is 5.00. The molecule has 0 spiro atoms. The molecule has 1 aliphatic rings. The van der Waals surface area contributed by atoms with E-state index in [1.807, 2.05) is 58.0 Å². The summed E-state index contributed by atoms with van der Waals surface area (Å²) in [7, 11) is 3.23. The van der Waals surface area contributed by atoms with Crippen LogP contribution in [0.15, 0.2) is 48.5 Å². The molecule has 2 aromatic carbocycles. The Bertz CT molecular complexity index is 1070. The van der Waals surface area contributed by atoms with E-state index in [-0.39, 0.29) is 47.6 Å². The molecule has 1 N–H and O–H groups in total. The van der Waals surface area contributed by atoms with Crippen LogP contribution >= 0.6 is 0 Å². The average Bonchev–Trinajstić information content (AvgIpc) is 3.34. The number of carbonyl (C=O) groups excluding carboxylic acids is 2. The molecule has 8 nitrogen and oxygen atoms in total. The number of methoxy groups -OCH3 is 2. The molecule has 1 fully saturated rings. The predicted octanol–water partition coefficient (Wildman–Crippen LogP) is 5.63. The summed E-state index contributed by atoms with van der Waals surface area (Å²) < 4.78 is 22.3. The van der Waals surface area contributed by atoms with Gasteiger partial charge >= 0.3 is 5.97 Å². The molecule has 3 rings (SSSR count). The van der Waals surface area contributed by atoms with Crippen molar-refractivity contribution in [2.45, 2.75) is 65.7 Å². The van der Waals surface area contributed by atoms with Crippen molar-refractivity contribution in [2.75, 3.05) is 27.4 Å². The van der Waals surface area contributed by atoms with E-state index < -0.39 is 0 Å². The Morgan fingerprint density at radius 2 is 1.77 bits per heavy atom. The Morgan fingerprint density at radius 1 is 1.02 bits per heavy atom. The lowest BCUT2D eigenvalue weighted by atomic mass is 9.81. The summed E-state index contributed by atoms with van der Waals surface area (Å²) in [6.07, 6.45) is 1.37. The number of cyclic esters (lactones) is 1. The van der Waals surface area contributed by atoms with Gasteiger partial charge in [0.1, 0.15) is 6.10 Å². The van der Waals surface area contributed by atoms with E-state index >= 15 is 0 Å². The number of hydrogen-bond donors (Lipinski definition) is 1. The van der Waals surface area contributed by atoms with Gasteiger partial charge in [-0.05, 0) is 48.4 Å². The first kappa shape index (κ1) is 31.6. The smallest absolute Gasteiger partial charge is 0.309 e. The third kappa shape index (κ3) is 8.78. The van der Waals surface area contributed by atoms with Gasteiger partial charge in [0.2, 0.25) is 0 Å². The number of Topliss-reactive ketones (excluding diaryl/α,β-unsaturated/α-hetero) is 1. The van der Waals surface area contributed by atoms with E-state index in [1.165, 1.54) is 0 Å². The first-order valence-corrected chi connectivity index (χ1v) is 14.2. The van der Waals surface area contributed by atoms with Crippen molar-refractivity contribution in [1.29, 1.82) is 0 Å². The molecule has 4 atom stereocenters. The van der Waals surface area contributed by atoms with Gasteiger partial charge < -0.3 is 18.9 Å². The molecule has 1 aliphatic heterocycles. The third-order valence-electron chi connectivity index (χ3n) is 7.47. The second kappa shape index (κ2) is 15.7. The molecule has 0 bridgehead atoms. The summed E-state index contributed by atoms with van der Waals surface area (Å²) in [6, 6.07) is 14.8. The lowest BCUT2D eigenvalue weighted by Crippen LogP contribution is -2.43. The maximum absolute atomic E-state index is 13.9. The van der Waals surface area contributed by atoms with Gasteiger partial charge in [-0.2, -0.15) is 5.48 Å². The maximum atomic E-state index is 13.9. The molecule has 1 saturated heterocycles. The minimum atomic E-state index is -0.389. The van der Waals surface area contributed by atoms with Crippen molar-refractivity contribution in [2.24, 2.45) is 23.7 Å². The molecular formula is C32H45NO7. The van der Waals surface area contributed by atoms with Gasteiger partial charge in [-0.15, -0.1) is 0 Å². The number of benzene rings is 2. The highest BCUT2D eigenvalue weighted by atomic mass is 16.6. The summed E-state index contributed by atoms with van der Waals surface area (Å²) >= 11 is 0. The SMILES string of the molecule is COCCCOc1cc(C(=O)[C@@H](C[C@H](NOCc2ccccc2)[C@@H]2C[C@@H](C(C)C)C(=O)O2)C(C)C)ccc1OC. The van der Waals surface area contributed by atoms with Crippen molar-refractivity contribution < 1.29 is 33.4 Å². The van der Waals surface area contributed by atoms with Crippen molar-refractivity contribution in [3.05, 3.63) is 59.7 Å². The molecule has 1 heterocycles. The van der Waals surface area contributed by atoms with Crippen LogP contribution in [0, 0.1) is 23.7 Å². The maximum Gasteiger partial charge on any atom is 0.309 e. The van der Waals surface area contributed by atoms with Gasteiger partial charge in [-0.1, -0.05) is 58.0 Å². The number of nitrogens with one attached hydrogen (secondary N) is 1. The predicted molar refractivity (Wildman–Crippen MR) is 153 cm³/mol. The molecule has 0 saturated carbocycles. The number of ketones is 1. The summed E-state index contributed by atoms with van der Waals surface area (Å²) in [4.78, 5) is 32.4. The third-order valence-corrected chi connectivity index (χ3v) is 7.47. The van der Waals surface area contributed by atoms with Crippen LogP contribution in [0.1, 0.15) is 62.9 Å². The van der Waals surface area contributed by atoms with Gasteiger partial charge in [-0.25, -0.2) is 0 Å². The lowest BCUT2D eigenvalue weighted by Gasteiger charge is -2.29. The number of hydrogen-bond acceptors (Lipinski definition) is 8. The zero-order chi connectivity index (χ0) is 29.1. The Morgan fingerprint density at radius 3 is 2.40 bits per heavy atom. The van der Waals surface area contributed by atoms with Crippen LogP contribution in [0.4, 0.5) is 0 Å². The van der Waals surface area contributed by atoms with E-state index in [4.69, 9.17) is 23.8 Å². The highest BCUT2D eigenvalue weighted by Gasteiger charge is 2.42. The average molecular weight is 556 g/mol. The van der Waals surface area contributed by atoms with E-state index in [9.17, 15) is 9.59 Å². The highest BCUT2D eigenvalue weighted by Crippen LogP contribution is 2.34. The largest absolute Gasteiger partial charge is 0.493 e. The molecule has 0 aromatic heterocycles. The number of rotatable bonds is 17. The second-order valence-electron chi connectivity index (χ2n) is 11.1. The normalized spacial score (nSPS) is 18.6. The molecule has 0 radical (unpaired) electrons. The van der Waals surface area contributed by atoms with Gasteiger partial charge in [-0.3, -0.25) is 14.4 Å². The molecule has 0 unspecified atom stereocenters. The molecule has 220 valence electrons. The zero-order valence-corrected chi connectivity index (χ0v) is 24.7. The first-order chi connectivity index (χ1) is 19.2. The number of esters is 1. The molecular weight excluding hydrogens is 510 g/mol.